The summed E-state index contributed by atoms with van der Waals surface area (Å²) in [4.78, 5) is 25.5. The molecule has 2 amide bonds. The van der Waals surface area contributed by atoms with Crippen molar-refractivity contribution in [3.8, 4) is 0 Å². The quantitative estimate of drug-likeness (QED) is 0.831. The minimum absolute atomic E-state index is 0.00368. The fourth-order valence-electron chi connectivity index (χ4n) is 2.31. The zero-order valence-electron chi connectivity index (χ0n) is 9.94. The molecule has 0 atom stereocenters. The van der Waals surface area contributed by atoms with Crippen molar-refractivity contribution in [2.24, 2.45) is 0 Å². The number of benzene rings is 1. The van der Waals surface area contributed by atoms with Gasteiger partial charge in [-0.1, -0.05) is 0 Å². The topological polar surface area (TPSA) is 49.4 Å². The highest BCUT2D eigenvalue weighted by molar-refractivity contribution is 7.99. The molecule has 0 bridgehead atoms. The van der Waals surface area contributed by atoms with E-state index in [9.17, 15) is 9.59 Å². The smallest absolute Gasteiger partial charge is 0.253 e. The third-order valence-corrected chi connectivity index (χ3v) is 4.22. The maximum atomic E-state index is 12.3. The van der Waals surface area contributed by atoms with E-state index in [-0.39, 0.29) is 11.8 Å². The van der Waals surface area contributed by atoms with E-state index in [4.69, 9.17) is 0 Å². The Kier molecular flexibility index (Phi) is 2.99. The number of anilines is 1. The van der Waals surface area contributed by atoms with Crippen LogP contribution < -0.4 is 5.32 Å². The summed E-state index contributed by atoms with van der Waals surface area (Å²) >= 11 is 1.88. The van der Waals surface area contributed by atoms with Crippen molar-refractivity contribution in [3.05, 3.63) is 29.3 Å². The molecular weight excluding hydrogens is 248 g/mol. The molecule has 5 heteroatoms. The minimum Gasteiger partial charge on any atom is -0.337 e. The number of thioether (sulfide) groups is 1. The minimum atomic E-state index is 0.00368. The number of hydrogen-bond acceptors (Lipinski definition) is 3. The molecule has 2 aliphatic heterocycles. The summed E-state index contributed by atoms with van der Waals surface area (Å²) in [5.41, 5.74) is 2.46. The zero-order chi connectivity index (χ0) is 12.5. The zero-order valence-corrected chi connectivity index (χ0v) is 10.8. The fourth-order valence-corrected chi connectivity index (χ4v) is 3.21. The first-order valence-electron chi connectivity index (χ1n) is 6.04. The Balaban J connectivity index is 1.82. The number of rotatable bonds is 1. The fraction of sp³-hybridized carbons (Fsp3) is 0.385. The second-order valence-electron chi connectivity index (χ2n) is 4.50. The highest BCUT2D eigenvalue weighted by Crippen LogP contribution is 2.24. The van der Waals surface area contributed by atoms with Crippen LogP contribution in [0.15, 0.2) is 18.2 Å². The van der Waals surface area contributed by atoms with Crippen LogP contribution in [-0.4, -0.2) is 41.3 Å². The molecule has 18 heavy (non-hydrogen) atoms. The summed E-state index contributed by atoms with van der Waals surface area (Å²) < 4.78 is 0. The number of nitrogens with zero attached hydrogens (tertiary/aromatic N) is 1. The Bertz CT molecular complexity index is 510. The summed E-state index contributed by atoms with van der Waals surface area (Å²) in [6.07, 6.45) is 0.381. The molecule has 1 aromatic rings. The normalized spacial score (nSPS) is 18.4. The first-order chi connectivity index (χ1) is 8.74. The molecule has 1 aromatic carbocycles. The van der Waals surface area contributed by atoms with Gasteiger partial charge in [-0.2, -0.15) is 11.8 Å². The molecule has 3 rings (SSSR count). The van der Waals surface area contributed by atoms with Crippen molar-refractivity contribution in [3.63, 3.8) is 0 Å². The number of fused-ring (bicyclic) bond motifs is 1. The Hall–Kier alpha value is -1.49. The Labute approximate surface area is 110 Å². The molecule has 1 N–H and O–H groups in total. The molecule has 0 spiro atoms. The van der Waals surface area contributed by atoms with Gasteiger partial charge in [-0.05, 0) is 23.8 Å². The van der Waals surface area contributed by atoms with E-state index in [1.807, 2.05) is 28.8 Å². The lowest BCUT2D eigenvalue weighted by Gasteiger charge is -2.26. The lowest BCUT2D eigenvalue weighted by atomic mass is 10.1. The van der Waals surface area contributed by atoms with Crippen LogP contribution in [0.2, 0.25) is 0 Å². The van der Waals surface area contributed by atoms with Crippen molar-refractivity contribution >= 4 is 29.3 Å². The standard InChI is InChI=1S/C13H14N2O2S/c16-12-8-10-7-9(1-2-11(10)14-12)13(17)15-3-5-18-6-4-15/h1-2,7H,3-6,8H2,(H,14,16). The predicted octanol–water partition coefficient (Wildman–Crippen LogP) is 1.37. The Morgan fingerprint density at radius 1 is 1.28 bits per heavy atom. The average Bonchev–Trinajstić information content (AvgIpc) is 2.78. The van der Waals surface area contributed by atoms with Gasteiger partial charge in [-0.15, -0.1) is 0 Å². The largest absolute Gasteiger partial charge is 0.337 e. The highest BCUT2D eigenvalue weighted by atomic mass is 32.2. The van der Waals surface area contributed by atoms with Crippen LogP contribution in [-0.2, 0) is 11.2 Å². The summed E-state index contributed by atoms with van der Waals surface area (Å²) in [5, 5.41) is 2.78. The van der Waals surface area contributed by atoms with E-state index in [1.165, 1.54) is 0 Å². The second-order valence-corrected chi connectivity index (χ2v) is 5.73. The molecule has 2 aliphatic rings. The van der Waals surface area contributed by atoms with Gasteiger partial charge in [0.1, 0.15) is 0 Å². The van der Waals surface area contributed by atoms with Crippen LogP contribution in [0.3, 0.4) is 0 Å². The van der Waals surface area contributed by atoms with Gasteiger partial charge in [-0.3, -0.25) is 9.59 Å². The van der Waals surface area contributed by atoms with E-state index in [0.717, 1.165) is 35.8 Å². The summed E-state index contributed by atoms with van der Waals surface area (Å²) in [7, 11) is 0. The number of hydrogen-bond donors (Lipinski definition) is 1. The SMILES string of the molecule is O=C1Cc2cc(C(=O)N3CCSCC3)ccc2N1. The monoisotopic (exact) mass is 262 g/mol. The molecule has 1 fully saturated rings. The van der Waals surface area contributed by atoms with Crippen LogP contribution >= 0.6 is 11.8 Å². The summed E-state index contributed by atoms with van der Waals surface area (Å²) in [6, 6.07) is 5.47. The molecule has 0 aromatic heterocycles. The van der Waals surface area contributed by atoms with Crippen LogP contribution in [0.4, 0.5) is 5.69 Å². The first kappa shape index (κ1) is 11.6. The van der Waals surface area contributed by atoms with Crippen molar-refractivity contribution in [2.45, 2.75) is 6.42 Å². The van der Waals surface area contributed by atoms with Gasteiger partial charge >= 0.3 is 0 Å². The van der Waals surface area contributed by atoms with Crippen molar-refractivity contribution in [1.29, 1.82) is 0 Å². The van der Waals surface area contributed by atoms with E-state index in [0.29, 0.717) is 12.0 Å². The van der Waals surface area contributed by atoms with Crippen LogP contribution in [0.5, 0.6) is 0 Å². The molecule has 0 saturated carbocycles. The lowest BCUT2D eigenvalue weighted by molar-refractivity contribution is -0.115. The van der Waals surface area contributed by atoms with Crippen LogP contribution in [0, 0.1) is 0 Å². The predicted molar refractivity (Wildman–Crippen MR) is 72.0 cm³/mol. The Morgan fingerprint density at radius 2 is 2.06 bits per heavy atom. The summed E-state index contributed by atoms with van der Waals surface area (Å²) in [6.45, 7) is 1.63. The van der Waals surface area contributed by atoms with Gasteiger partial charge in [0.25, 0.3) is 5.91 Å². The average molecular weight is 262 g/mol. The molecule has 2 heterocycles. The lowest BCUT2D eigenvalue weighted by Crippen LogP contribution is -2.37. The third kappa shape index (κ3) is 2.10. The van der Waals surface area contributed by atoms with Crippen molar-refractivity contribution in [1.82, 2.24) is 4.90 Å². The number of carbonyl (C=O) groups is 2. The van der Waals surface area contributed by atoms with Gasteiger partial charge in [0, 0.05) is 35.8 Å². The van der Waals surface area contributed by atoms with Crippen LogP contribution in [0.1, 0.15) is 15.9 Å². The highest BCUT2D eigenvalue weighted by Gasteiger charge is 2.22. The van der Waals surface area contributed by atoms with Crippen LogP contribution in [0.25, 0.3) is 0 Å². The van der Waals surface area contributed by atoms with Gasteiger partial charge < -0.3 is 10.2 Å². The number of carbonyl (C=O) groups excluding carboxylic acids is 2. The third-order valence-electron chi connectivity index (χ3n) is 3.28. The summed E-state index contributed by atoms with van der Waals surface area (Å²) in [5.74, 6) is 2.11. The molecular formula is C13H14N2O2S. The number of amides is 2. The molecule has 0 radical (unpaired) electrons. The molecule has 94 valence electrons. The molecule has 4 nitrogen and oxygen atoms in total. The number of nitrogens with one attached hydrogen (secondary N) is 1. The molecule has 0 unspecified atom stereocenters. The van der Waals surface area contributed by atoms with Gasteiger partial charge in [0.15, 0.2) is 0 Å². The van der Waals surface area contributed by atoms with Gasteiger partial charge in [0.05, 0.1) is 6.42 Å². The van der Waals surface area contributed by atoms with Crippen molar-refractivity contribution in [2.75, 3.05) is 29.9 Å². The molecule has 0 aliphatic carbocycles. The van der Waals surface area contributed by atoms with E-state index < -0.39 is 0 Å². The second kappa shape index (κ2) is 4.65. The maximum Gasteiger partial charge on any atom is 0.253 e. The van der Waals surface area contributed by atoms with E-state index >= 15 is 0 Å². The molecule has 1 saturated heterocycles. The van der Waals surface area contributed by atoms with Gasteiger partial charge in [-0.25, -0.2) is 0 Å². The van der Waals surface area contributed by atoms with Gasteiger partial charge in [0.2, 0.25) is 5.91 Å². The van der Waals surface area contributed by atoms with E-state index in [1.54, 1.807) is 6.07 Å². The van der Waals surface area contributed by atoms with E-state index in [2.05, 4.69) is 5.32 Å². The van der Waals surface area contributed by atoms with Crippen molar-refractivity contribution < 1.29 is 9.59 Å². The maximum absolute atomic E-state index is 12.3. The Morgan fingerprint density at radius 3 is 2.83 bits per heavy atom. The first-order valence-corrected chi connectivity index (χ1v) is 7.19.